The Morgan fingerprint density at radius 3 is 2.14 bits per heavy atom. The second-order valence-electron chi connectivity index (χ2n) is 4.11. The first-order valence-electron chi connectivity index (χ1n) is 5.08. The number of aliphatic hydroxyl groups is 2. The number of ether oxygens (including phenoxy) is 1. The third-order valence-electron chi connectivity index (χ3n) is 1.72. The molecule has 0 bridgehead atoms. The first-order chi connectivity index (χ1) is 6.41. The molecule has 0 aliphatic rings. The topological polar surface area (TPSA) is 52.9 Å². The van der Waals surface area contributed by atoms with Crippen molar-refractivity contribution in [2.75, 3.05) is 26.7 Å². The Balaban J connectivity index is 3.55. The molecular formula is C10H23NO3. The molecule has 0 amide bonds. The fraction of sp³-hybridized carbons (Fsp3) is 1.00. The molecule has 0 saturated carbocycles. The zero-order valence-corrected chi connectivity index (χ0v) is 9.60. The van der Waals surface area contributed by atoms with Gasteiger partial charge >= 0.3 is 0 Å². The van der Waals surface area contributed by atoms with E-state index in [-0.39, 0.29) is 12.2 Å². The average Bonchev–Trinajstić information content (AvgIpc) is 1.98. The van der Waals surface area contributed by atoms with Crippen LogP contribution >= 0.6 is 0 Å². The van der Waals surface area contributed by atoms with Crippen LogP contribution < -0.4 is 0 Å². The maximum atomic E-state index is 9.53. The molecule has 0 saturated heterocycles. The van der Waals surface area contributed by atoms with Crippen molar-refractivity contribution >= 4 is 0 Å². The van der Waals surface area contributed by atoms with E-state index < -0.39 is 6.10 Å². The number of nitrogens with zero attached hydrogens (tertiary/aromatic N) is 1. The highest BCUT2D eigenvalue weighted by Crippen LogP contribution is 1.95. The van der Waals surface area contributed by atoms with E-state index in [9.17, 15) is 5.11 Å². The van der Waals surface area contributed by atoms with Crippen molar-refractivity contribution in [3.05, 3.63) is 0 Å². The van der Waals surface area contributed by atoms with Gasteiger partial charge in [-0.2, -0.15) is 0 Å². The van der Waals surface area contributed by atoms with E-state index in [4.69, 9.17) is 9.84 Å². The van der Waals surface area contributed by atoms with Gasteiger partial charge in [-0.25, -0.2) is 0 Å². The maximum Gasteiger partial charge on any atom is 0.0900 e. The third kappa shape index (κ3) is 8.44. The third-order valence-corrected chi connectivity index (χ3v) is 1.72. The second-order valence-corrected chi connectivity index (χ2v) is 4.11. The monoisotopic (exact) mass is 205 g/mol. The molecule has 0 rings (SSSR count). The number of hydrogen-bond acceptors (Lipinski definition) is 4. The minimum absolute atomic E-state index is 0.145. The van der Waals surface area contributed by atoms with Crippen molar-refractivity contribution < 1.29 is 14.9 Å². The molecule has 2 unspecified atom stereocenters. The molecule has 0 aliphatic heterocycles. The highest BCUT2D eigenvalue weighted by molar-refractivity contribution is 4.63. The summed E-state index contributed by atoms with van der Waals surface area (Å²) in [5, 5.41) is 18.6. The van der Waals surface area contributed by atoms with Crippen LogP contribution in [0.5, 0.6) is 0 Å². The van der Waals surface area contributed by atoms with Crippen LogP contribution in [0.4, 0.5) is 0 Å². The van der Waals surface area contributed by atoms with Crippen LogP contribution in [0.1, 0.15) is 20.8 Å². The van der Waals surface area contributed by atoms with Gasteiger partial charge in [0.15, 0.2) is 0 Å². The predicted molar refractivity (Wildman–Crippen MR) is 56.3 cm³/mol. The van der Waals surface area contributed by atoms with Crippen LogP contribution in [0.15, 0.2) is 0 Å². The molecule has 0 spiro atoms. The molecule has 0 fully saturated rings. The summed E-state index contributed by atoms with van der Waals surface area (Å²) < 4.78 is 5.27. The lowest BCUT2D eigenvalue weighted by atomic mass is 10.3. The number of aliphatic hydroxyl groups excluding tert-OH is 2. The van der Waals surface area contributed by atoms with E-state index >= 15 is 0 Å². The largest absolute Gasteiger partial charge is 0.392 e. The van der Waals surface area contributed by atoms with E-state index in [0.29, 0.717) is 19.7 Å². The Hall–Kier alpha value is -0.160. The quantitative estimate of drug-likeness (QED) is 0.618. The van der Waals surface area contributed by atoms with Gasteiger partial charge in [0.25, 0.3) is 0 Å². The maximum absolute atomic E-state index is 9.53. The first-order valence-corrected chi connectivity index (χ1v) is 5.08. The van der Waals surface area contributed by atoms with Crippen LogP contribution in [-0.2, 0) is 4.74 Å². The Morgan fingerprint density at radius 1 is 1.14 bits per heavy atom. The van der Waals surface area contributed by atoms with Crippen molar-refractivity contribution in [3.8, 4) is 0 Å². The van der Waals surface area contributed by atoms with Crippen LogP contribution in [0, 0.1) is 0 Å². The Bertz CT molecular complexity index is 139. The molecule has 4 nitrogen and oxygen atoms in total. The highest BCUT2D eigenvalue weighted by Gasteiger charge is 2.10. The number of hydrogen-bond donors (Lipinski definition) is 2. The lowest BCUT2D eigenvalue weighted by molar-refractivity contribution is -0.00924. The molecule has 86 valence electrons. The van der Waals surface area contributed by atoms with Gasteiger partial charge in [0, 0.05) is 13.1 Å². The summed E-state index contributed by atoms with van der Waals surface area (Å²) >= 11 is 0. The smallest absolute Gasteiger partial charge is 0.0900 e. The Labute approximate surface area is 86.5 Å². The molecule has 2 N–H and O–H groups in total. The standard InChI is InChI=1S/C10H23NO3/c1-8(2)14-7-10(13)6-11(4)5-9(3)12/h8-10,12-13H,5-7H2,1-4H3. The molecule has 0 aliphatic carbocycles. The van der Waals surface area contributed by atoms with Gasteiger partial charge in [-0.05, 0) is 27.8 Å². The van der Waals surface area contributed by atoms with Gasteiger partial charge in [-0.15, -0.1) is 0 Å². The molecule has 4 heteroatoms. The summed E-state index contributed by atoms with van der Waals surface area (Å²) in [5.74, 6) is 0. The average molecular weight is 205 g/mol. The lowest BCUT2D eigenvalue weighted by Gasteiger charge is -2.22. The normalized spacial score (nSPS) is 16.3. The van der Waals surface area contributed by atoms with Gasteiger partial charge < -0.3 is 19.8 Å². The van der Waals surface area contributed by atoms with E-state index in [0.717, 1.165) is 0 Å². The van der Waals surface area contributed by atoms with Crippen molar-refractivity contribution in [3.63, 3.8) is 0 Å². The zero-order chi connectivity index (χ0) is 11.1. The summed E-state index contributed by atoms with van der Waals surface area (Å²) in [6.07, 6.45) is -0.703. The molecular weight excluding hydrogens is 182 g/mol. The summed E-state index contributed by atoms with van der Waals surface area (Å²) in [5.41, 5.74) is 0. The SMILES string of the molecule is CC(O)CN(C)CC(O)COC(C)C. The summed E-state index contributed by atoms with van der Waals surface area (Å²) in [6.45, 7) is 7.05. The van der Waals surface area contributed by atoms with E-state index in [1.54, 1.807) is 6.92 Å². The molecule has 2 atom stereocenters. The van der Waals surface area contributed by atoms with Crippen LogP contribution in [0.25, 0.3) is 0 Å². The van der Waals surface area contributed by atoms with E-state index in [1.807, 2.05) is 25.8 Å². The van der Waals surface area contributed by atoms with Gasteiger partial charge in [-0.3, -0.25) is 0 Å². The van der Waals surface area contributed by atoms with E-state index in [2.05, 4.69) is 0 Å². The minimum Gasteiger partial charge on any atom is -0.392 e. The van der Waals surface area contributed by atoms with Gasteiger partial charge in [0.1, 0.15) is 0 Å². The van der Waals surface area contributed by atoms with Crippen LogP contribution in [0.2, 0.25) is 0 Å². The highest BCUT2D eigenvalue weighted by atomic mass is 16.5. The number of likely N-dealkylation sites (N-methyl/N-ethyl adjacent to an activating group) is 1. The number of rotatable bonds is 7. The Kier molecular flexibility index (Phi) is 7.09. The zero-order valence-electron chi connectivity index (χ0n) is 9.60. The van der Waals surface area contributed by atoms with Crippen molar-refractivity contribution in [2.45, 2.75) is 39.1 Å². The fourth-order valence-electron chi connectivity index (χ4n) is 1.24. The molecule has 0 aromatic carbocycles. The molecule has 0 aromatic rings. The van der Waals surface area contributed by atoms with Gasteiger partial charge in [0.05, 0.1) is 24.9 Å². The first kappa shape index (κ1) is 13.8. The predicted octanol–water partition coefficient (Wildman–Crippen LogP) is 0.0849. The van der Waals surface area contributed by atoms with Crippen molar-refractivity contribution in [1.82, 2.24) is 4.90 Å². The van der Waals surface area contributed by atoms with Crippen molar-refractivity contribution in [1.29, 1.82) is 0 Å². The van der Waals surface area contributed by atoms with Crippen molar-refractivity contribution in [2.24, 2.45) is 0 Å². The summed E-state index contributed by atoms with van der Waals surface area (Å²) in [7, 11) is 1.87. The molecule has 0 aromatic heterocycles. The van der Waals surface area contributed by atoms with Crippen LogP contribution in [0.3, 0.4) is 0 Å². The minimum atomic E-state index is -0.485. The molecule has 0 radical (unpaired) electrons. The van der Waals surface area contributed by atoms with Gasteiger partial charge in [0.2, 0.25) is 0 Å². The molecule has 0 heterocycles. The summed E-state index contributed by atoms with van der Waals surface area (Å²) in [6, 6.07) is 0. The molecule has 14 heavy (non-hydrogen) atoms. The second kappa shape index (κ2) is 7.17. The summed E-state index contributed by atoms with van der Waals surface area (Å²) in [4.78, 5) is 1.89. The Morgan fingerprint density at radius 2 is 1.71 bits per heavy atom. The fourth-order valence-corrected chi connectivity index (χ4v) is 1.24. The van der Waals surface area contributed by atoms with E-state index in [1.165, 1.54) is 0 Å². The van der Waals surface area contributed by atoms with Crippen LogP contribution in [-0.4, -0.2) is 60.2 Å². The lowest BCUT2D eigenvalue weighted by Crippen LogP contribution is -2.36. The van der Waals surface area contributed by atoms with Gasteiger partial charge in [-0.1, -0.05) is 0 Å².